The molecular weight excluding hydrogens is 490 g/mol. The standard InChI is InChI=1S/C24H26ClF4N3O3/c1-15(16-6-7-17(21(26)10-16)14-35-9-8-34-2)23(33)31-13-20(12-22(30)24(27,28)29)32-19-5-3-4-18(25)11-19/h3-7,10-12,15H,8-9,13-14,30H2,1-2H3,(H,31,33)/b22-12-,32-20?. The van der Waals surface area contributed by atoms with E-state index in [0.29, 0.717) is 35.4 Å². The molecule has 3 N–H and O–H groups in total. The van der Waals surface area contributed by atoms with E-state index in [4.69, 9.17) is 26.8 Å². The number of allylic oxidation sites excluding steroid dienone is 1. The lowest BCUT2D eigenvalue weighted by molar-refractivity contribution is -0.121. The molecule has 2 aromatic rings. The molecule has 11 heteroatoms. The van der Waals surface area contributed by atoms with E-state index in [0.717, 1.165) is 0 Å². The summed E-state index contributed by atoms with van der Waals surface area (Å²) in [6.45, 7) is 1.94. The van der Waals surface area contributed by atoms with Gasteiger partial charge in [-0.3, -0.25) is 9.79 Å². The Morgan fingerprint density at radius 1 is 1.23 bits per heavy atom. The Balaban J connectivity index is 2.13. The third-order valence-corrected chi connectivity index (χ3v) is 5.07. The molecule has 2 rings (SSSR count). The molecule has 0 heterocycles. The van der Waals surface area contributed by atoms with E-state index in [9.17, 15) is 22.4 Å². The molecule has 0 aliphatic heterocycles. The van der Waals surface area contributed by atoms with Gasteiger partial charge in [0, 0.05) is 17.7 Å². The molecule has 0 fully saturated rings. The molecule has 2 aromatic carbocycles. The predicted molar refractivity (Wildman–Crippen MR) is 126 cm³/mol. The van der Waals surface area contributed by atoms with Crippen LogP contribution in [0.15, 0.2) is 59.2 Å². The maximum Gasteiger partial charge on any atom is 0.430 e. The molecular formula is C24H26ClF4N3O3. The zero-order valence-electron chi connectivity index (χ0n) is 19.2. The quantitative estimate of drug-likeness (QED) is 0.249. The number of amides is 1. The van der Waals surface area contributed by atoms with Gasteiger partial charge >= 0.3 is 6.18 Å². The third kappa shape index (κ3) is 9.31. The zero-order chi connectivity index (χ0) is 26.0. The predicted octanol–water partition coefficient (Wildman–Crippen LogP) is 5.04. The molecule has 6 nitrogen and oxygen atoms in total. The number of benzene rings is 2. The summed E-state index contributed by atoms with van der Waals surface area (Å²) in [5, 5.41) is 2.86. The number of ether oxygens (including phenoxy) is 2. The SMILES string of the molecule is COCCOCc1ccc(C(C)C(=O)NCC(/C=C(\N)C(F)(F)F)=Nc2cccc(Cl)c2)cc1F. The van der Waals surface area contributed by atoms with Gasteiger partial charge in [-0.1, -0.05) is 29.8 Å². The minimum atomic E-state index is -4.76. The van der Waals surface area contributed by atoms with Crippen LogP contribution in [0.3, 0.4) is 0 Å². The molecule has 0 saturated carbocycles. The van der Waals surface area contributed by atoms with Crippen molar-refractivity contribution in [1.82, 2.24) is 5.32 Å². The van der Waals surface area contributed by atoms with Gasteiger partial charge in [0.15, 0.2) is 0 Å². The fourth-order valence-electron chi connectivity index (χ4n) is 2.85. The van der Waals surface area contributed by atoms with Crippen LogP contribution in [-0.4, -0.2) is 44.7 Å². The van der Waals surface area contributed by atoms with Gasteiger partial charge in [-0.25, -0.2) is 4.39 Å². The third-order valence-electron chi connectivity index (χ3n) is 4.83. The molecule has 1 amide bonds. The highest BCUT2D eigenvalue weighted by molar-refractivity contribution is 6.30. The highest BCUT2D eigenvalue weighted by Crippen LogP contribution is 2.23. The first kappa shape index (κ1) is 28.3. The van der Waals surface area contributed by atoms with E-state index in [1.54, 1.807) is 25.1 Å². The molecule has 0 spiro atoms. The second-order valence-electron chi connectivity index (χ2n) is 7.52. The van der Waals surface area contributed by atoms with Crippen LogP contribution in [0.2, 0.25) is 5.02 Å². The van der Waals surface area contributed by atoms with Gasteiger partial charge in [0.05, 0.1) is 43.7 Å². The van der Waals surface area contributed by atoms with Gasteiger partial charge in [-0.2, -0.15) is 13.2 Å². The van der Waals surface area contributed by atoms with E-state index < -0.39 is 29.5 Å². The Bertz CT molecular complexity index is 1070. The van der Waals surface area contributed by atoms with Crippen molar-refractivity contribution in [3.63, 3.8) is 0 Å². The lowest BCUT2D eigenvalue weighted by atomic mass is 9.98. The van der Waals surface area contributed by atoms with Gasteiger partial charge < -0.3 is 20.5 Å². The Morgan fingerprint density at radius 2 is 1.97 bits per heavy atom. The first-order valence-electron chi connectivity index (χ1n) is 10.5. The number of hydrogen-bond acceptors (Lipinski definition) is 5. The molecule has 0 radical (unpaired) electrons. The number of nitrogens with one attached hydrogen (secondary N) is 1. The van der Waals surface area contributed by atoms with E-state index in [2.05, 4.69) is 10.3 Å². The highest BCUT2D eigenvalue weighted by atomic mass is 35.5. The van der Waals surface area contributed by atoms with Gasteiger partial charge in [-0.15, -0.1) is 0 Å². The van der Waals surface area contributed by atoms with Crippen LogP contribution in [0.5, 0.6) is 0 Å². The molecule has 190 valence electrons. The summed E-state index contributed by atoms with van der Waals surface area (Å²) in [6.07, 6.45) is -4.12. The van der Waals surface area contributed by atoms with E-state index >= 15 is 0 Å². The van der Waals surface area contributed by atoms with Crippen LogP contribution in [0.4, 0.5) is 23.2 Å². The van der Waals surface area contributed by atoms with Crippen molar-refractivity contribution in [2.75, 3.05) is 26.9 Å². The van der Waals surface area contributed by atoms with E-state index in [1.807, 2.05) is 0 Å². The summed E-state index contributed by atoms with van der Waals surface area (Å²) in [4.78, 5) is 16.8. The Kier molecular flexibility index (Phi) is 10.7. The molecule has 0 aliphatic rings. The van der Waals surface area contributed by atoms with Crippen molar-refractivity contribution in [2.24, 2.45) is 10.7 Å². The number of nitrogens with two attached hydrogens (primary N) is 1. The number of aliphatic imine (C=N–C) groups is 1. The summed E-state index contributed by atoms with van der Waals surface area (Å²) >= 11 is 5.91. The number of nitrogens with zero attached hydrogens (tertiary/aromatic N) is 1. The highest BCUT2D eigenvalue weighted by Gasteiger charge is 2.31. The molecule has 1 atom stereocenters. The number of rotatable bonds is 11. The normalized spacial score (nSPS) is 13.6. The number of carbonyl (C=O) groups is 1. The molecule has 0 aromatic heterocycles. The Morgan fingerprint density at radius 3 is 2.60 bits per heavy atom. The lowest BCUT2D eigenvalue weighted by Gasteiger charge is -2.15. The van der Waals surface area contributed by atoms with Crippen molar-refractivity contribution in [1.29, 1.82) is 0 Å². The summed E-state index contributed by atoms with van der Waals surface area (Å²) in [6, 6.07) is 10.5. The molecule has 1 unspecified atom stereocenters. The zero-order valence-corrected chi connectivity index (χ0v) is 19.9. The van der Waals surface area contributed by atoms with E-state index in [1.165, 1.54) is 31.4 Å². The van der Waals surface area contributed by atoms with Crippen LogP contribution >= 0.6 is 11.6 Å². The minimum Gasteiger partial charge on any atom is -0.395 e. The average Bonchev–Trinajstić information content (AvgIpc) is 2.79. The number of hydrogen-bond donors (Lipinski definition) is 2. The summed E-state index contributed by atoms with van der Waals surface area (Å²) in [7, 11) is 1.53. The number of carbonyl (C=O) groups excluding carboxylic acids is 1. The maximum absolute atomic E-state index is 14.4. The first-order valence-corrected chi connectivity index (χ1v) is 10.9. The van der Waals surface area contributed by atoms with Crippen molar-refractivity contribution in [2.45, 2.75) is 25.6 Å². The minimum absolute atomic E-state index is 0.0480. The summed E-state index contributed by atoms with van der Waals surface area (Å²) in [5.74, 6) is -1.86. The van der Waals surface area contributed by atoms with Crippen molar-refractivity contribution >= 4 is 28.9 Å². The Labute approximate surface area is 205 Å². The smallest absolute Gasteiger partial charge is 0.395 e. The average molecular weight is 516 g/mol. The van der Waals surface area contributed by atoms with Crippen molar-refractivity contribution < 1.29 is 31.8 Å². The largest absolute Gasteiger partial charge is 0.430 e. The van der Waals surface area contributed by atoms with Crippen LogP contribution in [0, 0.1) is 5.82 Å². The fraction of sp³-hybridized carbons (Fsp3) is 0.333. The lowest BCUT2D eigenvalue weighted by Crippen LogP contribution is -2.33. The van der Waals surface area contributed by atoms with Gasteiger partial charge in [0.1, 0.15) is 11.5 Å². The topological polar surface area (TPSA) is 85.9 Å². The van der Waals surface area contributed by atoms with Gasteiger partial charge in [0.25, 0.3) is 0 Å². The molecule has 0 bridgehead atoms. The number of methoxy groups -OCH3 is 1. The second kappa shape index (κ2) is 13.2. The van der Waals surface area contributed by atoms with E-state index in [-0.39, 0.29) is 24.6 Å². The second-order valence-corrected chi connectivity index (χ2v) is 7.95. The van der Waals surface area contributed by atoms with Gasteiger partial charge in [0.2, 0.25) is 5.91 Å². The molecule has 0 saturated heterocycles. The van der Waals surface area contributed by atoms with Crippen LogP contribution in [-0.2, 0) is 20.9 Å². The van der Waals surface area contributed by atoms with Crippen LogP contribution < -0.4 is 11.1 Å². The van der Waals surface area contributed by atoms with Crippen molar-refractivity contribution in [3.05, 3.63) is 76.2 Å². The number of halogens is 5. The maximum atomic E-state index is 14.4. The molecule has 35 heavy (non-hydrogen) atoms. The van der Waals surface area contributed by atoms with Crippen LogP contribution in [0.25, 0.3) is 0 Å². The first-order chi connectivity index (χ1) is 16.5. The van der Waals surface area contributed by atoms with Gasteiger partial charge in [-0.05, 0) is 42.8 Å². The summed E-state index contributed by atoms with van der Waals surface area (Å²) in [5.41, 5.74) is 4.61. The van der Waals surface area contributed by atoms with Crippen LogP contribution in [0.1, 0.15) is 24.0 Å². The fourth-order valence-corrected chi connectivity index (χ4v) is 3.04. The molecule has 0 aliphatic carbocycles. The number of alkyl halides is 3. The Hall–Kier alpha value is -2.95. The monoisotopic (exact) mass is 515 g/mol. The van der Waals surface area contributed by atoms with Crippen molar-refractivity contribution in [3.8, 4) is 0 Å². The summed E-state index contributed by atoms with van der Waals surface area (Å²) < 4.78 is 63.4.